The molecule has 0 bridgehead atoms. The lowest BCUT2D eigenvalue weighted by Gasteiger charge is -2.21. The molecule has 0 radical (unpaired) electrons. The van der Waals surface area contributed by atoms with Gasteiger partial charge in [0.15, 0.2) is 11.5 Å². The first-order chi connectivity index (χ1) is 14.4. The lowest BCUT2D eigenvalue weighted by atomic mass is 10.2. The SMILES string of the molecule is COc1ccc(/C=C2\SC(=S)N(CC(=O)N(C)Cc3ccccc3)C2=O)cc1OC. The number of carbonyl (C=O) groups is 2. The first-order valence-electron chi connectivity index (χ1n) is 9.18. The highest BCUT2D eigenvalue weighted by molar-refractivity contribution is 8.26. The van der Waals surface area contributed by atoms with Crippen molar-refractivity contribution in [1.29, 1.82) is 0 Å². The average Bonchev–Trinajstić information content (AvgIpc) is 3.01. The van der Waals surface area contributed by atoms with Crippen LogP contribution in [0.5, 0.6) is 11.5 Å². The molecule has 0 aliphatic carbocycles. The molecule has 1 fully saturated rings. The molecular formula is C22H22N2O4S2. The zero-order valence-electron chi connectivity index (χ0n) is 17.0. The summed E-state index contributed by atoms with van der Waals surface area (Å²) < 4.78 is 10.9. The van der Waals surface area contributed by atoms with Crippen LogP contribution < -0.4 is 9.47 Å². The first kappa shape index (κ1) is 21.9. The molecular weight excluding hydrogens is 420 g/mol. The number of thioether (sulfide) groups is 1. The lowest BCUT2D eigenvalue weighted by Crippen LogP contribution is -2.40. The third kappa shape index (κ3) is 5.01. The van der Waals surface area contributed by atoms with E-state index in [0.717, 1.165) is 11.1 Å². The summed E-state index contributed by atoms with van der Waals surface area (Å²) in [7, 11) is 4.83. The minimum atomic E-state index is -0.277. The van der Waals surface area contributed by atoms with E-state index in [1.54, 1.807) is 44.4 Å². The van der Waals surface area contributed by atoms with Crippen LogP contribution in [0.15, 0.2) is 53.4 Å². The van der Waals surface area contributed by atoms with Gasteiger partial charge in [-0.2, -0.15) is 0 Å². The van der Waals surface area contributed by atoms with Crippen LogP contribution in [0.25, 0.3) is 6.08 Å². The Balaban J connectivity index is 1.70. The first-order valence-corrected chi connectivity index (χ1v) is 10.4. The Hall–Kier alpha value is -2.84. The number of carbonyl (C=O) groups excluding carboxylic acids is 2. The Morgan fingerprint density at radius 1 is 1.13 bits per heavy atom. The summed E-state index contributed by atoms with van der Waals surface area (Å²) in [5.74, 6) is 0.720. The fourth-order valence-electron chi connectivity index (χ4n) is 2.93. The Morgan fingerprint density at radius 3 is 2.50 bits per heavy atom. The lowest BCUT2D eigenvalue weighted by molar-refractivity contribution is -0.134. The highest BCUT2D eigenvalue weighted by atomic mass is 32.2. The number of thiocarbonyl (C=S) groups is 1. The fraction of sp³-hybridized carbons (Fsp3) is 0.227. The van der Waals surface area contributed by atoms with Gasteiger partial charge in [0.1, 0.15) is 10.9 Å². The molecule has 0 unspecified atom stereocenters. The third-order valence-electron chi connectivity index (χ3n) is 4.56. The van der Waals surface area contributed by atoms with Crippen molar-refractivity contribution in [2.45, 2.75) is 6.54 Å². The van der Waals surface area contributed by atoms with E-state index in [9.17, 15) is 9.59 Å². The van der Waals surface area contributed by atoms with E-state index in [-0.39, 0.29) is 18.4 Å². The molecule has 1 aliphatic rings. The molecule has 2 aromatic carbocycles. The van der Waals surface area contributed by atoms with Crippen molar-refractivity contribution in [1.82, 2.24) is 9.80 Å². The van der Waals surface area contributed by atoms with Gasteiger partial charge in [0.25, 0.3) is 5.91 Å². The molecule has 1 aliphatic heterocycles. The van der Waals surface area contributed by atoms with Crippen molar-refractivity contribution < 1.29 is 19.1 Å². The van der Waals surface area contributed by atoms with Crippen molar-refractivity contribution in [2.24, 2.45) is 0 Å². The van der Waals surface area contributed by atoms with Crippen molar-refractivity contribution in [3.8, 4) is 11.5 Å². The smallest absolute Gasteiger partial charge is 0.266 e. The molecule has 2 amide bonds. The van der Waals surface area contributed by atoms with Crippen LogP contribution in [-0.2, 0) is 16.1 Å². The zero-order chi connectivity index (χ0) is 21.7. The molecule has 0 atom stereocenters. The number of ether oxygens (including phenoxy) is 2. The van der Waals surface area contributed by atoms with Crippen molar-refractivity contribution in [2.75, 3.05) is 27.8 Å². The topological polar surface area (TPSA) is 59.1 Å². The van der Waals surface area contributed by atoms with Gasteiger partial charge in [-0.15, -0.1) is 0 Å². The number of nitrogens with zero attached hydrogens (tertiary/aromatic N) is 2. The second kappa shape index (κ2) is 9.77. The van der Waals surface area contributed by atoms with Gasteiger partial charge in [0, 0.05) is 13.6 Å². The summed E-state index contributed by atoms with van der Waals surface area (Å²) in [4.78, 5) is 28.9. The van der Waals surface area contributed by atoms with Crippen LogP contribution in [0.1, 0.15) is 11.1 Å². The molecule has 30 heavy (non-hydrogen) atoms. The molecule has 2 aromatic rings. The summed E-state index contributed by atoms with van der Waals surface area (Å²) in [6, 6.07) is 15.1. The van der Waals surface area contributed by atoms with E-state index < -0.39 is 0 Å². The summed E-state index contributed by atoms with van der Waals surface area (Å²) in [5, 5.41) is 0. The van der Waals surface area contributed by atoms with Crippen molar-refractivity contribution in [3.05, 3.63) is 64.6 Å². The molecule has 8 heteroatoms. The predicted molar refractivity (Wildman–Crippen MR) is 122 cm³/mol. The molecule has 1 saturated heterocycles. The van der Waals surface area contributed by atoms with Crippen molar-refractivity contribution in [3.63, 3.8) is 0 Å². The number of rotatable bonds is 7. The fourth-order valence-corrected chi connectivity index (χ4v) is 4.19. The predicted octanol–water partition coefficient (Wildman–Crippen LogP) is 3.56. The van der Waals surface area contributed by atoms with Crippen LogP contribution in [-0.4, -0.2) is 53.7 Å². The average molecular weight is 443 g/mol. The maximum atomic E-state index is 12.8. The zero-order valence-corrected chi connectivity index (χ0v) is 18.6. The molecule has 156 valence electrons. The van der Waals surface area contributed by atoms with Gasteiger partial charge in [-0.25, -0.2) is 0 Å². The molecule has 0 spiro atoms. The van der Waals surface area contributed by atoms with E-state index in [2.05, 4.69) is 0 Å². The molecule has 3 rings (SSSR count). The highest BCUT2D eigenvalue weighted by Gasteiger charge is 2.34. The maximum Gasteiger partial charge on any atom is 0.266 e. The Bertz CT molecular complexity index is 992. The quantitative estimate of drug-likeness (QED) is 0.483. The maximum absolute atomic E-state index is 12.8. The second-order valence-corrected chi connectivity index (χ2v) is 8.29. The molecule has 1 heterocycles. The van der Waals surface area contributed by atoms with Gasteiger partial charge in [0.2, 0.25) is 5.91 Å². The van der Waals surface area contributed by atoms with Gasteiger partial charge in [-0.05, 0) is 29.3 Å². The standard InChI is InChI=1S/C22H22N2O4S2/c1-23(13-15-7-5-4-6-8-15)20(25)14-24-21(26)19(30-22(24)29)12-16-9-10-17(27-2)18(11-16)28-3/h4-12H,13-14H2,1-3H3/b19-12-. The van der Waals surface area contributed by atoms with Crippen molar-refractivity contribution >= 4 is 46.2 Å². The highest BCUT2D eigenvalue weighted by Crippen LogP contribution is 2.34. The number of hydrogen-bond acceptors (Lipinski definition) is 6. The van der Waals surface area contributed by atoms with E-state index >= 15 is 0 Å². The summed E-state index contributed by atoms with van der Waals surface area (Å²) in [6.45, 7) is 0.382. The van der Waals surface area contributed by atoms with Crippen LogP contribution in [0.3, 0.4) is 0 Å². The van der Waals surface area contributed by atoms with E-state index in [1.807, 2.05) is 36.4 Å². The molecule has 6 nitrogen and oxygen atoms in total. The van der Waals surface area contributed by atoms with E-state index in [0.29, 0.717) is 27.3 Å². The minimum absolute atomic E-state index is 0.0860. The van der Waals surface area contributed by atoms with Crippen LogP contribution in [0.2, 0.25) is 0 Å². The second-order valence-electron chi connectivity index (χ2n) is 6.62. The van der Waals surface area contributed by atoms with E-state index in [1.165, 1.54) is 16.7 Å². The van der Waals surface area contributed by atoms with Gasteiger partial charge in [-0.1, -0.05) is 60.4 Å². The number of hydrogen-bond donors (Lipinski definition) is 0. The number of amides is 2. The Morgan fingerprint density at radius 2 is 1.83 bits per heavy atom. The van der Waals surface area contributed by atoms with Crippen LogP contribution in [0.4, 0.5) is 0 Å². The molecule has 0 saturated carbocycles. The van der Waals surface area contributed by atoms with Gasteiger partial charge in [0.05, 0.1) is 19.1 Å². The van der Waals surface area contributed by atoms with Gasteiger partial charge >= 0.3 is 0 Å². The van der Waals surface area contributed by atoms with E-state index in [4.69, 9.17) is 21.7 Å². The minimum Gasteiger partial charge on any atom is -0.493 e. The number of methoxy groups -OCH3 is 2. The summed E-state index contributed by atoms with van der Waals surface area (Å²) >= 11 is 6.53. The third-order valence-corrected chi connectivity index (χ3v) is 5.94. The number of benzene rings is 2. The largest absolute Gasteiger partial charge is 0.493 e. The summed E-state index contributed by atoms with van der Waals surface area (Å²) in [6.07, 6.45) is 1.74. The normalized spacial score (nSPS) is 14.9. The Kier molecular flexibility index (Phi) is 7.12. The monoisotopic (exact) mass is 442 g/mol. The molecule has 0 N–H and O–H groups in total. The Labute approximate surface area is 185 Å². The van der Waals surface area contributed by atoms with Gasteiger partial charge in [-0.3, -0.25) is 14.5 Å². The molecule has 0 aromatic heterocycles. The number of likely N-dealkylation sites (N-methyl/N-ethyl adjacent to an activating group) is 1. The van der Waals surface area contributed by atoms with Crippen LogP contribution >= 0.6 is 24.0 Å². The summed E-state index contributed by atoms with van der Waals surface area (Å²) in [5.41, 5.74) is 1.80. The van der Waals surface area contributed by atoms with Crippen LogP contribution in [0, 0.1) is 0 Å². The van der Waals surface area contributed by atoms with Gasteiger partial charge < -0.3 is 14.4 Å².